The standard InChI is InChI=1S/C11H16N2O2/c1-7(2)3-10-9-5-12-4-8(9)6-13(10)11(14)15/h4-5,7,10,12H,3,6H2,1-2H3,(H,14,15). The molecule has 0 bridgehead atoms. The van der Waals surface area contributed by atoms with Crippen LogP contribution in [0.5, 0.6) is 0 Å². The molecule has 82 valence electrons. The maximum absolute atomic E-state index is 11.1. The number of carbonyl (C=O) groups is 1. The largest absolute Gasteiger partial charge is 0.465 e. The molecule has 4 nitrogen and oxygen atoms in total. The molecule has 1 aromatic heterocycles. The van der Waals surface area contributed by atoms with Crippen molar-refractivity contribution in [2.75, 3.05) is 0 Å². The molecule has 1 unspecified atom stereocenters. The summed E-state index contributed by atoms with van der Waals surface area (Å²) in [5, 5.41) is 9.10. The highest BCUT2D eigenvalue weighted by Crippen LogP contribution is 2.37. The van der Waals surface area contributed by atoms with E-state index in [0.717, 1.165) is 17.5 Å². The fourth-order valence-electron chi connectivity index (χ4n) is 2.22. The molecule has 0 spiro atoms. The van der Waals surface area contributed by atoms with E-state index in [1.807, 2.05) is 12.4 Å². The topological polar surface area (TPSA) is 56.3 Å². The lowest BCUT2D eigenvalue weighted by Crippen LogP contribution is -2.28. The van der Waals surface area contributed by atoms with Gasteiger partial charge in [-0.1, -0.05) is 13.8 Å². The fraction of sp³-hybridized carbons (Fsp3) is 0.545. The number of nitrogens with one attached hydrogen (secondary N) is 1. The minimum absolute atomic E-state index is 0.0312. The van der Waals surface area contributed by atoms with Gasteiger partial charge in [0.25, 0.3) is 0 Å². The van der Waals surface area contributed by atoms with Gasteiger partial charge in [-0.05, 0) is 23.5 Å². The zero-order chi connectivity index (χ0) is 11.0. The van der Waals surface area contributed by atoms with Crippen LogP contribution in [-0.2, 0) is 6.54 Å². The van der Waals surface area contributed by atoms with Crippen LogP contribution in [0.4, 0.5) is 4.79 Å². The van der Waals surface area contributed by atoms with Crippen molar-refractivity contribution >= 4 is 6.09 Å². The fourth-order valence-corrected chi connectivity index (χ4v) is 2.22. The molecule has 1 atom stereocenters. The number of aromatic amines is 1. The quantitative estimate of drug-likeness (QED) is 0.784. The Morgan fingerprint density at radius 3 is 3.00 bits per heavy atom. The molecule has 1 amide bonds. The molecule has 2 heterocycles. The van der Waals surface area contributed by atoms with E-state index in [4.69, 9.17) is 5.11 Å². The van der Waals surface area contributed by atoms with Crippen molar-refractivity contribution in [1.29, 1.82) is 0 Å². The van der Waals surface area contributed by atoms with Gasteiger partial charge in [0.2, 0.25) is 0 Å². The van der Waals surface area contributed by atoms with Gasteiger partial charge in [-0.25, -0.2) is 4.79 Å². The first-order chi connectivity index (χ1) is 7.09. The molecule has 0 fully saturated rings. The monoisotopic (exact) mass is 208 g/mol. The van der Waals surface area contributed by atoms with Crippen molar-refractivity contribution in [3.63, 3.8) is 0 Å². The molecule has 0 radical (unpaired) electrons. The molecule has 1 aromatic rings. The number of H-pyrrole nitrogens is 1. The van der Waals surface area contributed by atoms with Gasteiger partial charge in [-0.3, -0.25) is 4.90 Å². The summed E-state index contributed by atoms with van der Waals surface area (Å²) in [5.74, 6) is 0.498. The number of amides is 1. The lowest BCUT2D eigenvalue weighted by Gasteiger charge is -2.23. The summed E-state index contributed by atoms with van der Waals surface area (Å²) < 4.78 is 0. The third-order valence-corrected chi connectivity index (χ3v) is 2.88. The Labute approximate surface area is 88.9 Å². The molecule has 1 aliphatic heterocycles. The SMILES string of the molecule is CC(C)CC1c2c[nH]cc2CN1C(=O)O. The number of nitrogens with zero attached hydrogens (tertiary/aromatic N) is 1. The number of aromatic nitrogens is 1. The summed E-state index contributed by atoms with van der Waals surface area (Å²) in [7, 11) is 0. The Kier molecular flexibility index (Phi) is 2.42. The molecule has 2 rings (SSSR count). The lowest BCUT2D eigenvalue weighted by molar-refractivity contribution is 0.122. The molecule has 0 saturated heterocycles. The number of hydrogen-bond acceptors (Lipinski definition) is 1. The van der Waals surface area contributed by atoms with Crippen LogP contribution in [0.1, 0.15) is 37.4 Å². The third-order valence-electron chi connectivity index (χ3n) is 2.88. The van der Waals surface area contributed by atoms with Gasteiger partial charge in [-0.2, -0.15) is 0 Å². The number of rotatable bonds is 2. The van der Waals surface area contributed by atoms with Crippen LogP contribution < -0.4 is 0 Å². The van der Waals surface area contributed by atoms with E-state index >= 15 is 0 Å². The minimum atomic E-state index is -0.822. The van der Waals surface area contributed by atoms with E-state index in [1.165, 1.54) is 4.90 Å². The molecule has 0 saturated carbocycles. The van der Waals surface area contributed by atoms with Gasteiger partial charge in [0.05, 0.1) is 12.6 Å². The molecule has 1 aliphatic rings. The lowest BCUT2D eigenvalue weighted by atomic mass is 9.99. The van der Waals surface area contributed by atoms with E-state index < -0.39 is 6.09 Å². The van der Waals surface area contributed by atoms with Crippen molar-refractivity contribution in [3.8, 4) is 0 Å². The van der Waals surface area contributed by atoms with Crippen LogP contribution in [0.3, 0.4) is 0 Å². The molecule has 2 N–H and O–H groups in total. The second-order valence-corrected chi connectivity index (χ2v) is 4.49. The predicted octanol–water partition coefficient (Wildman–Crippen LogP) is 2.60. The van der Waals surface area contributed by atoms with Crippen molar-refractivity contribution in [1.82, 2.24) is 9.88 Å². The number of fused-ring (bicyclic) bond motifs is 1. The van der Waals surface area contributed by atoms with Crippen LogP contribution in [0.15, 0.2) is 12.4 Å². The van der Waals surface area contributed by atoms with Crippen molar-refractivity contribution in [2.45, 2.75) is 32.9 Å². The van der Waals surface area contributed by atoms with Gasteiger partial charge in [0.1, 0.15) is 0 Å². The zero-order valence-corrected chi connectivity index (χ0v) is 9.03. The van der Waals surface area contributed by atoms with E-state index in [1.54, 1.807) is 0 Å². The van der Waals surface area contributed by atoms with E-state index in [0.29, 0.717) is 12.5 Å². The van der Waals surface area contributed by atoms with Crippen molar-refractivity contribution < 1.29 is 9.90 Å². The summed E-state index contributed by atoms with van der Waals surface area (Å²) in [6.07, 6.45) is 3.88. The average Bonchev–Trinajstić information content (AvgIpc) is 2.66. The van der Waals surface area contributed by atoms with Crippen LogP contribution in [-0.4, -0.2) is 21.1 Å². The van der Waals surface area contributed by atoms with E-state index in [9.17, 15) is 4.79 Å². The Morgan fingerprint density at radius 2 is 2.40 bits per heavy atom. The first-order valence-electron chi connectivity index (χ1n) is 5.24. The highest BCUT2D eigenvalue weighted by Gasteiger charge is 2.34. The van der Waals surface area contributed by atoms with Crippen molar-refractivity contribution in [2.24, 2.45) is 5.92 Å². The van der Waals surface area contributed by atoms with Gasteiger partial charge >= 0.3 is 6.09 Å². The summed E-state index contributed by atoms with van der Waals surface area (Å²) in [6.45, 7) is 4.75. The molecular formula is C11H16N2O2. The van der Waals surface area contributed by atoms with E-state index in [2.05, 4.69) is 18.8 Å². The molecule has 4 heteroatoms. The maximum Gasteiger partial charge on any atom is 0.408 e. The van der Waals surface area contributed by atoms with E-state index in [-0.39, 0.29) is 6.04 Å². The van der Waals surface area contributed by atoms with Gasteiger partial charge in [0, 0.05) is 12.4 Å². The second-order valence-electron chi connectivity index (χ2n) is 4.49. The van der Waals surface area contributed by atoms with Crippen LogP contribution in [0.25, 0.3) is 0 Å². The zero-order valence-electron chi connectivity index (χ0n) is 9.03. The second kappa shape index (κ2) is 3.61. The minimum Gasteiger partial charge on any atom is -0.465 e. The maximum atomic E-state index is 11.1. The first kappa shape index (κ1) is 10.1. The number of hydrogen-bond donors (Lipinski definition) is 2. The van der Waals surface area contributed by atoms with Crippen molar-refractivity contribution in [3.05, 3.63) is 23.5 Å². The Hall–Kier alpha value is -1.45. The Balaban J connectivity index is 2.25. The smallest absolute Gasteiger partial charge is 0.408 e. The number of carboxylic acid groups (broad SMARTS) is 1. The first-order valence-corrected chi connectivity index (χ1v) is 5.24. The summed E-state index contributed by atoms with van der Waals surface area (Å²) in [6, 6.07) is 0.0312. The Morgan fingerprint density at radius 1 is 1.67 bits per heavy atom. The van der Waals surface area contributed by atoms with Crippen LogP contribution in [0, 0.1) is 5.92 Å². The average molecular weight is 208 g/mol. The van der Waals surface area contributed by atoms with Gasteiger partial charge in [0.15, 0.2) is 0 Å². The predicted molar refractivity (Wildman–Crippen MR) is 56.6 cm³/mol. The van der Waals surface area contributed by atoms with Crippen LogP contribution in [0.2, 0.25) is 0 Å². The Bertz CT molecular complexity index is 370. The highest BCUT2D eigenvalue weighted by molar-refractivity contribution is 5.67. The summed E-state index contributed by atoms with van der Waals surface area (Å²) in [4.78, 5) is 15.6. The normalized spacial score (nSPS) is 19.7. The third kappa shape index (κ3) is 1.71. The van der Waals surface area contributed by atoms with Gasteiger partial charge < -0.3 is 10.1 Å². The molecule has 15 heavy (non-hydrogen) atoms. The summed E-state index contributed by atoms with van der Waals surface area (Å²) >= 11 is 0. The van der Waals surface area contributed by atoms with Gasteiger partial charge in [-0.15, -0.1) is 0 Å². The molecule has 0 aliphatic carbocycles. The molecule has 0 aromatic carbocycles. The molecular weight excluding hydrogens is 192 g/mol. The van der Waals surface area contributed by atoms with Crippen LogP contribution >= 0.6 is 0 Å². The summed E-state index contributed by atoms with van der Waals surface area (Å²) in [5.41, 5.74) is 2.26. The highest BCUT2D eigenvalue weighted by atomic mass is 16.4.